The Kier molecular flexibility index (Phi) is 5.17. The van der Waals surface area contributed by atoms with E-state index in [0.717, 1.165) is 0 Å². The van der Waals surface area contributed by atoms with Crippen LogP contribution in [0.1, 0.15) is 10.4 Å². The zero-order valence-electron chi connectivity index (χ0n) is 12.1. The summed E-state index contributed by atoms with van der Waals surface area (Å²) in [5, 5.41) is 2.22. The van der Waals surface area contributed by atoms with Crippen LogP contribution in [0, 0.1) is 17.5 Å². The van der Waals surface area contributed by atoms with Crippen LogP contribution in [0.25, 0.3) is 0 Å². The van der Waals surface area contributed by atoms with Gasteiger partial charge in [0.2, 0.25) is 0 Å². The highest BCUT2D eigenvalue weighted by Gasteiger charge is 2.21. The Hall–Kier alpha value is -2.61. The number of rotatable bonds is 5. The number of hydrogen-bond acceptors (Lipinski definition) is 3. The van der Waals surface area contributed by atoms with Crippen molar-refractivity contribution in [1.82, 2.24) is 4.57 Å². The van der Waals surface area contributed by atoms with E-state index in [1.54, 1.807) is 0 Å². The van der Waals surface area contributed by atoms with Gasteiger partial charge in [0.05, 0.1) is 12.3 Å². The minimum absolute atomic E-state index is 0.133. The van der Waals surface area contributed by atoms with Crippen LogP contribution in [0.2, 0.25) is 0 Å². The molecule has 8 heteroatoms. The van der Waals surface area contributed by atoms with Crippen molar-refractivity contribution in [3.05, 3.63) is 63.8 Å². The molecule has 0 unspecified atom stereocenters. The largest absolute Gasteiger partial charge is 0.383 e. The zero-order valence-corrected chi connectivity index (χ0v) is 12.1. The lowest BCUT2D eigenvalue weighted by atomic mass is 10.1. The molecule has 0 aliphatic rings. The summed E-state index contributed by atoms with van der Waals surface area (Å²) < 4.78 is 46.4. The molecule has 0 aliphatic carbocycles. The summed E-state index contributed by atoms with van der Waals surface area (Å²) in [6.45, 7) is 0.506. The number of aromatic nitrogens is 1. The lowest BCUT2D eigenvalue weighted by molar-refractivity contribution is 0.101. The first kappa shape index (κ1) is 16.8. The number of benzene rings is 1. The van der Waals surface area contributed by atoms with Crippen LogP contribution in [0.15, 0.2) is 35.3 Å². The lowest BCUT2D eigenvalue weighted by Crippen LogP contribution is -2.23. The maximum Gasteiger partial charge on any atom is 0.261 e. The SMILES string of the molecule is COCCn1cc(NC(=O)c2c(F)ccc(F)c2F)ccc1=O. The number of methoxy groups -OCH3 is 1. The Morgan fingerprint density at radius 1 is 1.17 bits per heavy atom. The molecule has 0 spiro atoms. The molecule has 2 aromatic rings. The standard InChI is InChI=1S/C15H13F3N2O3/c1-23-7-6-20-8-9(2-5-12(20)21)19-15(22)13-10(16)3-4-11(17)14(13)18/h2-5,8H,6-7H2,1H3,(H,19,22). The van der Waals surface area contributed by atoms with Crippen LogP contribution >= 0.6 is 0 Å². The van der Waals surface area contributed by atoms with Gasteiger partial charge in [-0.1, -0.05) is 0 Å². The van der Waals surface area contributed by atoms with Crippen molar-refractivity contribution in [2.24, 2.45) is 0 Å². The van der Waals surface area contributed by atoms with Crippen molar-refractivity contribution >= 4 is 11.6 Å². The molecule has 0 saturated heterocycles. The average Bonchev–Trinajstić information content (AvgIpc) is 2.52. The van der Waals surface area contributed by atoms with E-state index in [0.29, 0.717) is 12.1 Å². The van der Waals surface area contributed by atoms with Crippen molar-refractivity contribution in [3.63, 3.8) is 0 Å². The summed E-state index contributed by atoms with van der Waals surface area (Å²) >= 11 is 0. The second-order valence-corrected chi connectivity index (χ2v) is 4.61. The minimum Gasteiger partial charge on any atom is -0.383 e. The smallest absolute Gasteiger partial charge is 0.261 e. The zero-order chi connectivity index (χ0) is 17.0. The summed E-state index contributed by atoms with van der Waals surface area (Å²) in [6.07, 6.45) is 1.30. The van der Waals surface area contributed by atoms with Crippen LogP contribution in [-0.4, -0.2) is 24.2 Å². The van der Waals surface area contributed by atoms with Gasteiger partial charge in [-0.2, -0.15) is 0 Å². The first-order chi connectivity index (χ1) is 10.9. The predicted molar refractivity (Wildman–Crippen MR) is 76.8 cm³/mol. The minimum atomic E-state index is -1.57. The third-order valence-electron chi connectivity index (χ3n) is 3.05. The van der Waals surface area contributed by atoms with E-state index in [-0.39, 0.29) is 24.4 Å². The fourth-order valence-corrected chi connectivity index (χ4v) is 1.90. The van der Waals surface area contributed by atoms with E-state index in [9.17, 15) is 22.8 Å². The maximum absolute atomic E-state index is 13.6. The Morgan fingerprint density at radius 3 is 2.57 bits per heavy atom. The molecule has 122 valence electrons. The molecule has 23 heavy (non-hydrogen) atoms. The normalized spacial score (nSPS) is 10.6. The van der Waals surface area contributed by atoms with Crippen molar-refractivity contribution in [1.29, 1.82) is 0 Å². The van der Waals surface area contributed by atoms with Gasteiger partial charge in [0.1, 0.15) is 11.4 Å². The van der Waals surface area contributed by atoms with Gasteiger partial charge in [0.15, 0.2) is 11.6 Å². The Bertz CT molecular complexity index is 790. The first-order valence-corrected chi connectivity index (χ1v) is 6.58. The van der Waals surface area contributed by atoms with E-state index >= 15 is 0 Å². The first-order valence-electron chi connectivity index (χ1n) is 6.58. The van der Waals surface area contributed by atoms with Crippen molar-refractivity contribution in [2.75, 3.05) is 19.0 Å². The van der Waals surface area contributed by atoms with Gasteiger partial charge in [-0.25, -0.2) is 13.2 Å². The number of halogens is 3. The molecule has 0 aliphatic heterocycles. The molecule has 0 bridgehead atoms. The van der Waals surface area contributed by atoms with Gasteiger partial charge >= 0.3 is 0 Å². The highest BCUT2D eigenvalue weighted by Crippen LogP contribution is 2.17. The van der Waals surface area contributed by atoms with E-state index in [2.05, 4.69) is 5.32 Å². The second kappa shape index (κ2) is 7.10. The number of ether oxygens (including phenoxy) is 1. The molecule has 5 nitrogen and oxygen atoms in total. The van der Waals surface area contributed by atoms with Gasteiger partial charge in [-0.3, -0.25) is 9.59 Å². The van der Waals surface area contributed by atoms with Crippen molar-refractivity contribution in [2.45, 2.75) is 6.54 Å². The highest BCUT2D eigenvalue weighted by molar-refractivity contribution is 6.04. The lowest BCUT2D eigenvalue weighted by Gasteiger charge is -2.10. The number of anilines is 1. The van der Waals surface area contributed by atoms with E-state index in [4.69, 9.17) is 4.74 Å². The average molecular weight is 326 g/mol. The molecule has 1 N–H and O–H groups in total. The molecule has 0 radical (unpaired) electrons. The number of nitrogens with zero attached hydrogens (tertiary/aromatic N) is 1. The second-order valence-electron chi connectivity index (χ2n) is 4.61. The summed E-state index contributed by atoms with van der Waals surface area (Å²) in [6, 6.07) is 3.71. The fourth-order valence-electron chi connectivity index (χ4n) is 1.90. The molecule has 1 heterocycles. The summed E-state index contributed by atoms with van der Waals surface area (Å²) in [5.41, 5.74) is -1.23. The van der Waals surface area contributed by atoms with Crippen LogP contribution < -0.4 is 10.9 Å². The number of nitrogens with one attached hydrogen (secondary N) is 1. The van der Waals surface area contributed by atoms with Crippen LogP contribution in [0.3, 0.4) is 0 Å². The molecule has 2 rings (SSSR count). The summed E-state index contributed by atoms with van der Waals surface area (Å²) in [4.78, 5) is 23.6. The van der Waals surface area contributed by atoms with Crippen LogP contribution in [0.5, 0.6) is 0 Å². The molecule has 0 atom stereocenters. The number of amides is 1. The molecule has 1 aromatic heterocycles. The Morgan fingerprint density at radius 2 is 1.87 bits per heavy atom. The third kappa shape index (κ3) is 3.78. The maximum atomic E-state index is 13.6. The molecule has 0 fully saturated rings. The quantitative estimate of drug-likeness (QED) is 0.857. The summed E-state index contributed by atoms with van der Waals surface area (Å²) in [7, 11) is 1.46. The van der Waals surface area contributed by atoms with Gasteiger partial charge < -0.3 is 14.6 Å². The topological polar surface area (TPSA) is 60.3 Å². The molecular formula is C15H13F3N2O3. The Balaban J connectivity index is 2.27. The highest BCUT2D eigenvalue weighted by atomic mass is 19.2. The van der Waals surface area contributed by atoms with Crippen molar-refractivity contribution in [3.8, 4) is 0 Å². The number of hydrogen-bond donors (Lipinski definition) is 1. The van der Waals surface area contributed by atoms with E-state index in [1.807, 2.05) is 0 Å². The van der Waals surface area contributed by atoms with Gasteiger partial charge in [0.25, 0.3) is 11.5 Å². The van der Waals surface area contributed by atoms with E-state index in [1.165, 1.54) is 30.0 Å². The predicted octanol–water partition coefficient (Wildman–Crippen LogP) is 2.16. The van der Waals surface area contributed by atoms with Gasteiger partial charge in [0, 0.05) is 25.9 Å². The van der Waals surface area contributed by atoms with Crippen LogP contribution in [-0.2, 0) is 11.3 Å². The Labute approximate surface area is 129 Å². The molecule has 1 aromatic carbocycles. The summed E-state index contributed by atoms with van der Waals surface area (Å²) in [5.74, 6) is -5.25. The molecular weight excluding hydrogens is 313 g/mol. The van der Waals surface area contributed by atoms with Gasteiger partial charge in [-0.15, -0.1) is 0 Å². The fraction of sp³-hybridized carbons (Fsp3) is 0.200. The van der Waals surface area contributed by atoms with Crippen LogP contribution in [0.4, 0.5) is 18.9 Å². The third-order valence-corrected chi connectivity index (χ3v) is 3.05. The van der Waals surface area contributed by atoms with Gasteiger partial charge in [-0.05, 0) is 18.2 Å². The number of carbonyl (C=O) groups excluding carboxylic acids is 1. The molecule has 0 saturated carbocycles. The monoisotopic (exact) mass is 326 g/mol. The van der Waals surface area contributed by atoms with E-state index < -0.39 is 28.9 Å². The number of pyridine rings is 1. The number of carbonyl (C=O) groups is 1. The van der Waals surface area contributed by atoms with Crippen molar-refractivity contribution < 1.29 is 22.7 Å². The molecule has 1 amide bonds.